The zero-order valence-electron chi connectivity index (χ0n) is 73.7. The van der Waals surface area contributed by atoms with E-state index in [0.717, 1.165) is 127 Å². The molecular formula is C93H143N7O19S2. The minimum Gasteiger partial charge on any atom is -0.491 e. The van der Waals surface area contributed by atoms with Crippen LogP contribution >= 0.6 is 22.7 Å². The van der Waals surface area contributed by atoms with Gasteiger partial charge in [0.05, 0.1) is 137 Å². The van der Waals surface area contributed by atoms with Gasteiger partial charge in [0.15, 0.2) is 0 Å². The fraction of sp³-hybridized carbons (Fsp3) is 0.656. The van der Waals surface area contributed by atoms with Crippen molar-refractivity contribution in [2.45, 2.75) is 212 Å². The van der Waals surface area contributed by atoms with Gasteiger partial charge in [-0.3, -0.25) is 24.0 Å². The number of rotatable bonds is 57. The highest BCUT2D eigenvalue weighted by molar-refractivity contribution is 8.15. The predicted molar refractivity (Wildman–Crippen MR) is 479 cm³/mol. The van der Waals surface area contributed by atoms with Gasteiger partial charge in [-0.05, 0) is 212 Å². The molecule has 2 saturated heterocycles. The topological polar surface area (TPSA) is 321 Å². The number of hydrogen-bond acceptors (Lipinski definition) is 23. The van der Waals surface area contributed by atoms with E-state index in [4.69, 9.17) is 85.3 Å². The van der Waals surface area contributed by atoms with Crippen LogP contribution in [0.4, 0.5) is 5.82 Å². The molecule has 10 atom stereocenters. The van der Waals surface area contributed by atoms with E-state index in [2.05, 4.69) is 59.1 Å². The number of aliphatic hydroxyl groups excluding tert-OH is 1. The van der Waals surface area contributed by atoms with Gasteiger partial charge in [-0.25, -0.2) is 4.98 Å². The number of methoxy groups -OCH3 is 2. The van der Waals surface area contributed by atoms with Gasteiger partial charge in [-0.1, -0.05) is 68.7 Å². The molecule has 5 unspecified atom stereocenters. The number of benzene rings is 2. The number of nitrogens with zero attached hydrogens (tertiary/aromatic N) is 3. The minimum absolute atomic E-state index is 0.0410. The second-order valence-electron chi connectivity index (χ2n) is 32.2. The predicted octanol–water partition coefficient (Wildman–Crippen LogP) is 12.3. The molecule has 3 fully saturated rings. The summed E-state index contributed by atoms with van der Waals surface area (Å²) in [5.41, 5.74) is 18.9. The molecule has 1 aliphatic carbocycles. The molecule has 4 aliphatic rings. The summed E-state index contributed by atoms with van der Waals surface area (Å²) >= 11 is 5.51. The number of nitrogens with two attached hydrogens (primary N) is 2. The first-order valence-electron chi connectivity index (χ1n) is 44.0. The molecule has 3 aliphatic heterocycles. The third-order valence-corrected chi connectivity index (χ3v) is 24.9. The van der Waals surface area contributed by atoms with Gasteiger partial charge in [0.25, 0.3) is 17.0 Å². The number of likely N-dealkylation sites (tertiary alicyclic amines) is 1. The Balaban J connectivity index is 0.592. The van der Waals surface area contributed by atoms with Gasteiger partial charge in [0.1, 0.15) is 36.2 Å². The van der Waals surface area contributed by atoms with E-state index >= 15 is 0 Å². The van der Waals surface area contributed by atoms with Crippen LogP contribution < -0.4 is 26.8 Å². The summed E-state index contributed by atoms with van der Waals surface area (Å²) in [5, 5.41) is 19.8. The molecule has 0 bridgehead atoms. The van der Waals surface area contributed by atoms with E-state index in [-0.39, 0.29) is 89.1 Å². The van der Waals surface area contributed by atoms with Gasteiger partial charge in [0, 0.05) is 112 Å². The molecule has 3 aromatic rings. The Bertz CT molecular complexity index is 3720. The third-order valence-electron chi connectivity index (χ3n) is 22.6. The molecule has 3 amide bonds. The number of amides is 3. The summed E-state index contributed by atoms with van der Waals surface area (Å²) in [4.78, 5) is 74.7. The van der Waals surface area contributed by atoms with Crippen molar-refractivity contribution in [2.75, 3.05) is 171 Å². The van der Waals surface area contributed by atoms with Crippen LogP contribution in [0.1, 0.15) is 172 Å². The average molecular weight is 1730 g/mol. The van der Waals surface area contributed by atoms with Crippen molar-refractivity contribution in [1.82, 2.24) is 25.4 Å². The molecule has 4 heterocycles. The van der Waals surface area contributed by atoms with E-state index in [9.17, 15) is 29.1 Å². The molecule has 2 aromatic carbocycles. The number of aryl methyl sites for hydroxylation is 1. The van der Waals surface area contributed by atoms with E-state index in [1.807, 2.05) is 94.2 Å². The summed E-state index contributed by atoms with van der Waals surface area (Å²) in [6.07, 6.45) is 25.1. The summed E-state index contributed by atoms with van der Waals surface area (Å²) in [5.74, 6) is 1.68. The van der Waals surface area contributed by atoms with E-state index < -0.39 is 23.9 Å². The molecule has 0 radical (unpaired) electrons. The van der Waals surface area contributed by atoms with Crippen LogP contribution in [-0.4, -0.2) is 267 Å². The number of ether oxygens (including phenoxy) is 13. The first kappa shape index (κ1) is 101. The first-order chi connectivity index (χ1) is 58.6. The molecule has 121 heavy (non-hydrogen) atoms. The summed E-state index contributed by atoms with van der Waals surface area (Å²) < 4.78 is 75.1. The minimum atomic E-state index is -0.842. The lowest BCUT2D eigenvalue weighted by molar-refractivity contribution is -0.157. The van der Waals surface area contributed by atoms with Crippen LogP contribution in [0.25, 0.3) is 11.1 Å². The largest absolute Gasteiger partial charge is 0.491 e. The number of fused-ring (bicyclic) bond motifs is 1. The maximum atomic E-state index is 13.9. The lowest BCUT2D eigenvalue weighted by Crippen LogP contribution is -2.46. The Morgan fingerprint density at radius 1 is 0.686 bits per heavy atom. The Morgan fingerprint density at radius 3 is 1.95 bits per heavy atom. The van der Waals surface area contributed by atoms with Crippen molar-refractivity contribution >= 4 is 68.3 Å². The second kappa shape index (κ2) is 58.5. The third kappa shape index (κ3) is 38.8. The molecule has 7 rings (SSSR count). The number of aromatic nitrogens is 1. The highest BCUT2D eigenvalue weighted by Gasteiger charge is 2.36. The number of allylic oxidation sites excluding steroid dienone is 6. The molecule has 26 nitrogen and oxygen atoms in total. The molecule has 676 valence electrons. The quantitative estimate of drug-likeness (QED) is 0.0115. The van der Waals surface area contributed by atoms with Crippen LogP contribution in [0, 0.1) is 30.6 Å². The maximum absolute atomic E-state index is 13.9. The number of nitrogens with one attached hydrogen (secondary N) is 2. The highest BCUT2D eigenvalue weighted by atomic mass is 32.2. The number of piperidine rings is 1. The number of thiocarbonyl (C=S) groups is 1. The van der Waals surface area contributed by atoms with Crippen LogP contribution in [0.2, 0.25) is 0 Å². The number of carbonyl (C=O) groups is 5. The summed E-state index contributed by atoms with van der Waals surface area (Å²) in [7, 11) is 3.18. The van der Waals surface area contributed by atoms with E-state index in [1.54, 1.807) is 31.4 Å². The Hall–Kier alpha value is -6.71. The van der Waals surface area contributed by atoms with Crippen molar-refractivity contribution in [2.24, 2.45) is 29.4 Å². The van der Waals surface area contributed by atoms with Crippen molar-refractivity contribution in [3.05, 3.63) is 119 Å². The number of nitrogen functional groups attached to an aromatic ring is 1. The first-order valence-corrected chi connectivity index (χ1v) is 45.9. The lowest BCUT2D eigenvalue weighted by atomic mass is 9.82. The van der Waals surface area contributed by atoms with Crippen LogP contribution in [0.3, 0.4) is 0 Å². The Kier molecular flexibility index (Phi) is 49.0. The molecular weight excluding hydrogens is 1580 g/mol. The average Bonchev–Trinajstić information content (AvgIpc) is 1.31. The molecule has 1 saturated carbocycles. The van der Waals surface area contributed by atoms with Crippen LogP contribution in [-0.2, 0) is 82.6 Å². The number of carbonyl (C=O) groups excluding carboxylic acids is 5. The summed E-state index contributed by atoms with van der Waals surface area (Å²) in [6, 6.07) is 15.6. The SMILES string of the molecule is C/C=S(\CCNC(=O)CCOCCOCCOCCOCCOCCOCCOCCOCCNC(=S)O[C@H]1CC[C@H](C[C@@H](N)C(CCC(C)/C=C(\C)[C@@H](O)CC(=O)[C@H](C)C[C@H](C)/C=C/C=C/C=C(\C)[C@H](CC2CCCC(C(=O)C(=O)N3CCCCC3)O2)OC)OC)CC1)c1ccc(C(=O)N2CCOc3ccc(-c4ccc(N)nc4)cc3C2)c(C)c1. The zero-order valence-corrected chi connectivity index (χ0v) is 75.3. The molecule has 28 heteroatoms. The number of anilines is 1. The number of ketones is 2. The fourth-order valence-corrected chi connectivity index (χ4v) is 17.3. The van der Waals surface area contributed by atoms with E-state index in [1.165, 1.54) is 0 Å². The molecule has 1 aromatic heterocycles. The van der Waals surface area contributed by atoms with Crippen LogP contribution in [0.15, 0.2) is 107 Å². The van der Waals surface area contributed by atoms with Crippen molar-refractivity contribution in [1.29, 1.82) is 0 Å². The lowest BCUT2D eigenvalue weighted by Gasteiger charge is -2.33. The zero-order chi connectivity index (χ0) is 86.9. The van der Waals surface area contributed by atoms with Crippen molar-refractivity contribution in [3.8, 4) is 16.9 Å². The number of pyridine rings is 1. The van der Waals surface area contributed by atoms with Gasteiger partial charge >= 0.3 is 0 Å². The number of Topliss-reactive ketones (excluding diaryl/α,β-unsaturated/α-hetero) is 2. The smallest absolute Gasteiger partial charge is 0.292 e. The van der Waals surface area contributed by atoms with Gasteiger partial charge in [-0.2, -0.15) is 10.5 Å². The van der Waals surface area contributed by atoms with Gasteiger partial charge in [-0.15, -0.1) is 0 Å². The van der Waals surface area contributed by atoms with Gasteiger partial charge < -0.3 is 98.6 Å². The number of aliphatic hydroxyl groups is 1. The molecule has 7 N–H and O–H groups in total. The highest BCUT2D eigenvalue weighted by Crippen LogP contribution is 2.35. The van der Waals surface area contributed by atoms with E-state index in [0.29, 0.717) is 193 Å². The number of hydrogen-bond donors (Lipinski definition) is 5. The Labute approximate surface area is 728 Å². The Morgan fingerprint density at radius 2 is 1.33 bits per heavy atom. The van der Waals surface area contributed by atoms with Crippen LogP contribution in [0.5, 0.6) is 5.75 Å². The standard InChI is InChI=1S/C93H143N7O19S2/c1-10-121(79-29-30-80(70(5)60-79)91(105)100-39-42-117-84-32-25-74(62-76(84)66-100)75-26-33-88(95)98-65-75)57-36-96-89(103)34-40-109-43-45-111-47-49-113-51-53-115-55-56-116-54-52-114-50-48-112-46-44-110-41-35-97-93(120)119-77-27-23-73(24-28-77)61-81(94)85(107-8)31-22-68(3)59-72(7)83(102)64-82(101)71(6)58-67(2)18-13-11-14-19-69(4)87(108-9)63-78-20-17-21-86(118-78)90(104)92(106)99-37-15-12-16-38-99/h10-11,13-14,18-19,25-26,29-30,32-33,59-60,62,65,67-68,71,73,77-78,81,83,85-87,102H,12,15-17,20-24,27-28,31,34-58,61,63-64,66,94H2,1-9H3,(H2,95,98)(H,96,103)(H,97,120)/b14-11+,18-13+,69-19+,72-59+/t67-,68?,71-,73-,77-,78?,81-,83+,85?,86?,87+,121?/m1/s1. The normalized spacial score (nSPS) is 19.5. The fourth-order valence-electron chi connectivity index (χ4n) is 15.4. The molecule has 0 spiro atoms. The van der Waals surface area contributed by atoms with Gasteiger partial charge in [0.2, 0.25) is 11.7 Å². The monoisotopic (exact) mass is 1730 g/mol. The maximum Gasteiger partial charge on any atom is 0.292 e. The van der Waals surface area contributed by atoms with Crippen molar-refractivity contribution < 1.29 is 90.7 Å². The van der Waals surface area contributed by atoms with Crippen molar-refractivity contribution in [3.63, 3.8) is 0 Å². The summed E-state index contributed by atoms with van der Waals surface area (Å²) in [6.45, 7) is 24.6. The second-order valence-corrected chi connectivity index (χ2v) is 34.7.